The second kappa shape index (κ2) is 2.72. The van der Waals surface area contributed by atoms with Crippen molar-refractivity contribution in [2.24, 2.45) is 0 Å². The van der Waals surface area contributed by atoms with E-state index in [4.69, 9.17) is 0 Å². The minimum absolute atomic E-state index is 0.0226. The zero-order valence-corrected chi connectivity index (χ0v) is 6.95. The van der Waals surface area contributed by atoms with E-state index in [0.29, 0.717) is 18.9 Å². The summed E-state index contributed by atoms with van der Waals surface area (Å²) in [6, 6.07) is 0. The Morgan fingerprint density at radius 3 is 2.92 bits per heavy atom. The Kier molecular flexibility index (Phi) is 1.68. The van der Waals surface area contributed by atoms with Gasteiger partial charge in [-0.3, -0.25) is 19.8 Å². The number of hydrogen-bond acceptors (Lipinski definition) is 4. The van der Waals surface area contributed by atoms with Gasteiger partial charge in [0.05, 0.1) is 11.3 Å². The maximum absolute atomic E-state index is 11.3. The van der Waals surface area contributed by atoms with Gasteiger partial charge in [0.25, 0.3) is 5.70 Å². The number of carbonyl (C=O) groups is 1. The number of carbonyl (C=O) groups excluding carboxylic acids is 1. The van der Waals surface area contributed by atoms with Crippen LogP contribution in [0.25, 0.3) is 0 Å². The molecule has 2 heterocycles. The van der Waals surface area contributed by atoms with Gasteiger partial charge in [-0.1, -0.05) is 0 Å². The second-order valence-corrected chi connectivity index (χ2v) is 3.02. The third-order valence-corrected chi connectivity index (χ3v) is 2.27. The van der Waals surface area contributed by atoms with E-state index in [-0.39, 0.29) is 24.4 Å². The lowest BCUT2D eigenvalue weighted by atomic mass is 10.1. The SMILES string of the molecule is O=C1CCC([N+](=O)[O-])=C2NCCN12. The molecule has 13 heavy (non-hydrogen) atoms. The highest BCUT2D eigenvalue weighted by Crippen LogP contribution is 2.23. The minimum Gasteiger partial charge on any atom is -0.364 e. The summed E-state index contributed by atoms with van der Waals surface area (Å²) in [5, 5.41) is 13.4. The zero-order valence-electron chi connectivity index (χ0n) is 6.95. The van der Waals surface area contributed by atoms with Crippen LogP contribution in [0.2, 0.25) is 0 Å². The Hall–Kier alpha value is -1.59. The van der Waals surface area contributed by atoms with Crippen molar-refractivity contribution >= 4 is 5.91 Å². The molecule has 1 amide bonds. The van der Waals surface area contributed by atoms with E-state index in [9.17, 15) is 14.9 Å². The van der Waals surface area contributed by atoms with E-state index in [1.807, 2.05) is 0 Å². The molecular formula is C7H9N3O3. The Bertz CT molecular complexity index is 310. The standard InChI is InChI=1S/C7H9N3O3/c11-6-2-1-5(10(12)13)7-8-3-4-9(6)7/h8H,1-4H2. The Morgan fingerprint density at radius 2 is 2.23 bits per heavy atom. The van der Waals surface area contributed by atoms with Gasteiger partial charge in [-0.25, -0.2) is 0 Å². The van der Waals surface area contributed by atoms with Crippen LogP contribution in [-0.2, 0) is 4.79 Å². The zero-order chi connectivity index (χ0) is 9.42. The van der Waals surface area contributed by atoms with Crippen LogP contribution in [0.5, 0.6) is 0 Å². The number of allylic oxidation sites excluding steroid dienone is 1. The minimum atomic E-state index is -0.410. The largest absolute Gasteiger partial charge is 0.364 e. The van der Waals surface area contributed by atoms with Crippen molar-refractivity contribution in [3.05, 3.63) is 21.6 Å². The molecule has 0 atom stereocenters. The molecule has 2 rings (SSSR count). The summed E-state index contributed by atoms with van der Waals surface area (Å²) in [7, 11) is 0. The number of nitro groups is 1. The molecule has 0 aromatic carbocycles. The van der Waals surface area contributed by atoms with Gasteiger partial charge in [-0.15, -0.1) is 0 Å². The molecule has 6 nitrogen and oxygen atoms in total. The molecule has 0 unspecified atom stereocenters. The lowest BCUT2D eigenvalue weighted by Gasteiger charge is -2.20. The van der Waals surface area contributed by atoms with Crippen LogP contribution in [-0.4, -0.2) is 28.8 Å². The molecule has 2 aliphatic rings. The van der Waals surface area contributed by atoms with Gasteiger partial charge in [0.15, 0.2) is 5.82 Å². The molecule has 70 valence electrons. The fourth-order valence-corrected chi connectivity index (χ4v) is 1.66. The number of nitrogens with one attached hydrogen (secondary N) is 1. The van der Waals surface area contributed by atoms with E-state index in [1.165, 1.54) is 4.90 Å². The maximum Gasteiger partial charge on any atom is 0.286 e. The van der Waals surface area contributed by atoms with E-state index >= 15 is 0 Å². The van der Waals surface area contributed by atoms with Crippen LogP contribution in [0.3, 0.4) is 0 Å². The number of rotatable bonds is 1. The predicted molar refractivity (Wildman–Crippen MR) is 43.0 cm³/mol. The summed E-state index contributed by atoms with van der Waals surface area (Å²) in [5.41, 5.74) is 0.136. The molecule has 0 aromatic rings. The second-order valence-electron chi connectivity index (χ2n) is 3.02. The van der Waals surface area contributed by atoms with Crippen molar-refractivity contribution in [2.45, 2.75) is 12.8 Å². The highest BCUT2D eigenvalue weighted by molar-refractivity contribution is 5.80. The monoisotopic (exact) mass is 183 g/mol. The van der Waals surface area contributed by atoms with Crippen LogP contribution >= 0.6 is 0 Å². The summed E-state index contributed by atoms with van der Waals surface area (Å²) >= 11 is 0. The van der Waals surface area contributed by atoms with E-state index in [0.717, 1.165) is 0 Å². The van der Waals surface area contributed by atoms with Crippen molar-refractivity contribution in [2.75, 3.05) is 13.1 Å². The number of nitrogens with zero attached hydrogens (tertiary/aromatic N) is 2. The molecule has 1 N–H and O–H groups in total. The Labute approximate surface area is 74.4 Å². The fraction of sp³-hybridized carbons (Fsp3) is 0.571. The van der Waals surface area contributed by atoms with E-state index < -0.39 is 4.92 Å². The average molecular weight is 183 g/mol. The number of hydrogen-bond donors (Lipinski definition) is 1. The van der Waals surface area contributed by atoms with Gasteiger partial charge in [-0.05, 0) is 0 Å². The molecule has 0 aromatic heterocycles. The van der Waals surface area contributed by atoms with Gasteiger partial charge < -0.3 is 5.32 Å². The third-order valence-electron chi connectivity index (χ3n) is 2.27. The summed E-state index contributed by atoms with van der Waals surface area (Å²) in [4.78, 5) is 22.9. The predicted octanol–water partition coefficient (Wildman–Crippen LogP) is -0.342. The smallest absolute Gasteiger partial charge is 0.286 e. The Morgan fingerprint density at radius 1 is 1.46 bits per heavy atom. The first-order chi connectivity index (χ1) is 6.20. The van der Waals surface area contributed by atoms with E-state index in [2.05, 4.69) is 5.32 Å². The number of amides is 1. The van der Waals surface area contributed by atoms with Crippen LogP contribution in [0.15, 0.2) is 11.5 Å². The first-order valence-electron chi connectivity index (χ1n) is 4.12. The molecule has 0 bridgehead atoms. The number of fused-ring (bicyclic) bond motifs is 1. The topological polar surface area (TPSA) is 75.5 Å². The highest BCUT2D eigenvalue weighted by atomic mass is 16.6. The molecule has 1 fully saturated rings. The van der Waals surface area contributed by atoms with Crippen LogP contribution in [0, 0.1) is 10.1 Å². The molecule has 2 aliphatic heterocycles. The normalized spacial score (nSPS) is 21.5. The lowest BCUT2D eigenvalue weighted by molar-refractivity contribution is -0.430. The molecule has 0 aliphatic carbocycles. The molecule has 1 saturated heterocycles. The van der Waals surface area contributed by atoms with Gasteiger partial charge in [-0.2, -0.15) is 0 Å². The molecule has 0 radical (unpaired) electrons. The van der Waals surface area contributed by atoms with Gasteiger partial charge >= 0.3 is 0 Å². The molecular weight excluding hydrogens is 174 g/mol. The molecule has 0 spiro atoms. The van der Waals surface area contributed by atoms with Gasteiger partial charge in [0.1, 0.15) is 0 Å². The Balaban J connectivity index is 2.39. The van der Waals surface area contributed by atoms with Crippen LogP contribution in [0.4, 0.5) is 0 Å². The summed E-state index contributed by atoms with van der Waals surface area (Å²) in [6.07, 6.45) is 0.492. The van der Waals surface area contributed by atoms with Gasteiger partial charge in [0, 0.05) is 19.5 Å². The van der Waals surface area contributed by atoms with Crippen molar-refractivity contribution in [3.8, 4) is 0 Å². The summed E-state index contributed by atoms with van der Waals surface area (Å²) in [6.45, 7) is 1.16. The quantitative estimate of drug-likeness (QED) is 0.445. The third kappa shape index (κ3) is 1.14. The molecule has 6 heteroatoms. The van der Waals surface area contributed by atoms with Gasteiger partial charge in [0.2, 0.25) is 5.91 Å². The summed E-state index contributed by atoms with van der Waals surface area (Å²) in [5.74, 6) is 0.381. The van der Waals surface area contributed by atoms with Crippen molar-refractivity contribution < 1.29 is 9.72 Å². The molecule has 0 saturated carbocycles. The van der Waals surface area contributed by atoms with Crippen molar-refractivity contribution in [3.63, 3.8) is 0 Å². The highest BCUT2D eigenvalue weighted by Gasteiger charge is 2.35. The van der Waals surface area contributed by atoms with Crippen LogP contribution in [0.1, 0.15) is 12.8 Å². The fourth-order valence-electron chi connectivity index (χ4n) is 1.66. The lowest BCUT2D eigenvalue weighted by Crippen LogP contribution is -2.34. The maximum atomic E-state index is 11.3. The first-order valence-corrected chi connectivity index (χ1v) is 4.12. The van der Waals surface area contributed by atoms with Crippen LogP contribution < -0.4 is 5.32 Å². The van der Waals surface area contributed by atoms with Crippen molar-refractivity contribution in [1.29, 1.82) is 0 Å². The van der Waals surface area contributed by atoms with E-state index in [1.54, 1.807) is 0 Å². The average Bonchev–Trinajstić information content (AvgIpc) is 2.53. The van der Waals surface area contributed by atoms with Crippen molar-refractivity contribution in [1.82, 2.24) is 10.2 Å². The first kappa shape index (κ1) is 8.03. The summed E-state index contributed by atoms with van der Waals surface area (Å²) < 4.78 is 0.